The molecule has 3 aromatic rings. The number of aromatic amines is 1. The van der Waals surface area contributed by atoms with Gasteiger partial charge in [-0.05, 0) is 31.2 Å². The van der Waals surface area contributed by atoms with E-state index >= 15 is 0 Å². The fourth-order valence-corrected chi connectivity index (χ4v) is 2.69. The Bertz CT molecular complexity index is 1010. The van der Waals surface area contributed by atoms with Crippen LogP contribution in [0.4, 0.5) is 5.69 Å². The second-order valence-electron chi connectivity index (χ2n) is 7.16. The number of carbonyl (C=O) groups excluding carboxylic acids is 1. The predicted molar refractivity (Wildman–Crippen MR) is 100 cm³/mol. The molecular formula is C18H20ClN5O2. The molecule has 0 aliphatic heterocycles. The smallest absolute Gasteiger partial charge is 0.274 e. The number of carbonyl (C=O) groups is 1. The van der Waals surface area contributed by atoms with E-state index in [9.17, 15) is 9.59 Å². The Labute approximate surface area is 155 Å². The molecule has 0 spiro atoms. The van der Waals surface area contributed by atoms with Crippen molar-refractivity contribution in [3.05, 3.63) is 57.2 Å². The molecule has 0 fully saturated rings. The number of nitrogens with one attached hydrogen (secondary N) is 1. The lowest BCUT2D eigenvalue weighted by molar-refractivity contribution is -0.125. The molecule has 0 saturated carbocycles. The normalized spacial score (nSPS) is 11.7. The number of anilines is 1. The maximum atomic E-state index is 13.0. The van der Waals surface area contributed by atoms with E-state index in [1.807, 2.05) is 20.8 Å². The van der Waals surface area contributed by atoms with Gasteiger partial charge in [0.1, 0.15) is 5.82 Å². The molecule has 1 amide bonds. The number of halogens is 1. The van der Waals surface area contributed by atoms with E-state index in [0.717, 1.165) is 0 Å². The number of hydrogen-bond donors (Lipinski definition) is 1. The minimum absolute atomic E-state index is 0.0724. The lowest BCUT2D eigenvalue weighted by Gasteiger charge is -2.29. The number of aryl methyl sites for hydroxylation is 1. The van der Waals surface area contributed by atoms with Gasteiger partial charge in [-0.25, -0.2) is 4.98 Å². The highest BCUT2D eigenvalue weighted by atomic mass is 35.5. The van der Waals surface area contributed by atoms with Crippen molar-refractivity contribution < 1.29 is 4.79 Å². The van der Waals surface area contributed by atoms with Gasteiger partial charge in [0, 0.05) is 27.9 Å². The molecule has 136 valence electrons. The number of nitrogens with zero attached hydrogens (tertiary/aromatic N) is 4. The fraction of sp³-hybridized carbons (Fsp3) is 0.333. The Morgan fingerprint density at radius 3 is 2.50 bits per heavy atom. The second-order valence-corrected chi connectivity index (χ2v) is 7.60. The van der Waals surface area contributed by atoms with Crippen molar-refractivity contribution in [1.82, 2.24) is 19.6 Å². The summed E-state index contributed by atoms with van der Waals surface area (Å²) in [5, 5.41) is 3.51. The lowest BCUT2D eigenvalue weighted by atomic mass is 9.94. The van der Waals surface area contributed by atoms with Crippen LogP contribution >= 0.6 is 11.6 Å². The number of hydrogen-bond acceptors (Lipinski definition) is 4. The minimum Gasteiger partial charge on any atom is -0.304 e. The molecule has 0 atom stereocenters. The van der Waals surface area contributed by atoms with Crippen LogP contribution in [0.3, 0.4) is 0 Å². The van der Waals surface area contributed by atoms with Crippen LogP contribution in [0.1, 0.15) is 32.3 Å². The van der Waals surface area contributed by atoms with Crippen LogP contribution in [0.2, 0.25) is 5.02 Å². The summed E-state index contributed by atoms with van der Waals surface area (Å²) in [6, 6.07) is 8.44. The molecule has 0 aliphatic rings. The van der Waals surface area contributed by atoms with Crippen LogP contribution < -0.4 is 10.5 Å². The SMILES string of the molecule is Cc1cc(=O)n2[nH]c(CN(C(=O)C(C)(C)C)c3ccc(Cl)cc3)nc2n1. The molecule has 2 aromatic heterocycles. The van der Waals surface area contributed by atoms with Crippen LogP contribution in [-0.2, 0) is 11.3 Å². The summed E-state index contributed by atoms with van der Waals surface area (Å²) in [5.74, 6) is 0.675. The highest BCUT2D eigenvalue weighted by Gasteiger charge is 2.29. The lowest BCUT2D eigenvalue weighted by Crippen LogP contribution is -2.39. The van der Waals surface area contributed by atoms with Crippen molar-refractivity contribution in [2.75, 3.05) is 4.90 Å². The highest BCUT2D eigenvalue weighted by Crippen LogP contribution is 2.26. The predicted octanol–water partition coefficient (Wildman–Crippen LogP) is 2.96. The van der Waals surface area contributed by atoms with Gasteiger partial charge < -0.3 is 4.90 Å². The summed E-state index contributed by atoms with van der Waals surface area (Å²) in [4.78, 5) is 35.2. The molecule has 0 bridgehead atoms. The van der Waals surface area contributed by atoms with Crippen molar-refractivity contribution in [3.63, 3.8) is 0 Å². The van der Waals surface area contributed by atoms with Gasteiger partial charge in [-0.2, -0.15) is 9.50 Å². The standard InChI is InChI=1S/C18H20ClN5O2/c1-11-9-15(25)24-17(20-11)21-14(22-24)10-23(16(26)18(2,3)4)13-7-5-12(19)6-8-13/h5-9H,10H2,1-4H3,(H,20,21,22). The molecule has 1 aromatic carbocycles. The van der Waals surface area contributed by atoms with Crippen LogP contribution in [0.15, 0.2) is 35.1 Å². The fourth-order valence-electron chi connectivity index (χ4n) is 2.56. The van der Waals surface area contributed by atoms with Crippen molar-refractivity contribution >= 4 is 29.0 Å². The summed E-state index contributed by atoms with van der Waals surface area (Å²) in [6.07, 6.45) is 0. The third-order valence-electron chi connectivity index (χ3n) is 3.84. The maximum Gasteiger partial charge on any atom is 0.274 e. The van der Waals surface area contributed by atoms with Gasteiger partial charge in [0.15, 0.2) is 0 Å². The summed E-state index contributed by atoms with van der Waals surface area (Å²) >= 11 is 5.96. The van der Waals surface area contributed by atoms with Gasteiger partial charge in [0.05, 0.1) is 6.54 Å². The van der Waals surface area contributed by atoms with E-state index in [1.54, 1.807) is 36.1 Å². The van der Waals surface area contributed by atoms with Gasteiger partial charge in [-0.3, -0.25) is 14.7 Å². The van der Waals surface area contributed by atoms with Crippen molar-refractivity contribution in [3.8, 4) is 0 Å². The molecular weight excluding hydrogens is 354 g/mol. The Hall–Kier alpha value is -2.67. The molecule has 7 nitrogen and oxygen atoms in total. The Morgan fingerprint density at radius 2 is 1.88 bits per heavy atom. The first-order valence-corrected chi connectivity index (χ1v) is 8.56. The third-order valence-corrected chi connectivity index (χ3v) is 4.09. The molecule has 0 unspecified atom stereocenters. The van der Waals surface area contributed by atoms with E-state index in [1.165, 1.54) is 10.6 Å². The van der Waals surface area contributed by atoms with Gasteiger partial charge in [-0.15, -0.1) is 0 Å². The van der Waals surface area contributed by atoms with Crippen LogP contribution in [0.25, 0.3) is 5.78 Å². The molecule has 2 heterocycles. The van der Waals surface area contributed by atoms with Crippen LogP contribution in [0.5, 0.6) is 0 Å². The second kappa shape index (κ2) is 6.57. The summed E-state index contributed by atoms with van der Waals surface area (Å²) in [5.41, 5.74) is 0.461. The van der Waals surface area contributed by atoms with Gasteiger partial charge >= 0.3 is 0 Å². The van der Waals surface area contributed by atoms with E-state index < -0.39 is 5.41 Å². The Kier molecular flexibility index (Phi) is 4.58. The Balaban J connectivity index is 2.03. The average Bonchev–Trinajstić information content (AvgIpc) is 2.95. The number of H-pyrrole nitrogens is 1. The van der Waals surface area contributed by atoms with Gasteiger partial charge in [-0.1, -0.05) is 32.4 Å². The molecule has 26 heavy (non-hydrogen) atoms. The third kappa shape index (κ3) is 3.62. The number of rotatable bonds is 3. The molecule has 0 radical (unpaired) electrons. The average molecular weight is 374 g/mol. The number of fused-ring (bicyclic) bond motifs is 1. The first-order chi connectivity index (χ1) is 12.1. The topological polar surface area (TPSA) is 83.4 Å². The van der Waals surface area contributed by atoms with E-state index in [2.05, 4.69) is 15.1 Å². The quantitative estimate of drug-likeness (QED) is 0.765. The van der Waals surface area contributed by atoms with E-state index in [0.29, 0.717) is 22.2 Å². The zero-order valence-electron chi connectivity index (χ0n) is 15.1. The largest absolute Gasteiger partial charge is 0.304 e. The van der Waals surface area contributed by atoms with Gasteiger partial charge in [0.2, 0.25) is 5.91 Å². The van der Waals surface area contributed by atoms with Crippen molar-refractivity contribution in [2.24, 2.45) is 5.41 Å². The van der Waals surface area contributed by atoms with Crippen molar-refractivity contribution in [2.45, 2.75) is 34.2 Å². The first-order valence-electron chi connectivity index (χ1n) is 8.18. The maximum absolute atomic E-state index is 13.0. The molecule has 3 rings (SSSR count). The zero-order valence-corrected chi connectivity index (χ0v) is 15.8. The number of aromatic nitrogens is 4. The van der Waals surface area contributed by atoms with E-state index in [4.69, 9.17) is 11.6 Å². The number of benzene rings is 1. The number of amides is 1. The summed E-state index contributed by atoms with van der Waals surface area (Å²) in [6.45, 7) is 7.48. The summed E-state index contributed by atoms with van der Waals surface area (Å²) < 4.78 is 1.27. The van der Waals surface area contributed by atoms with Crippen LogP contribution in [-0.4, -0.2) is 25.5 Å². The van der Waals surface area contributed by atoms with Crippen molar-refractivity contribution in [1.29, 1.82) is 0 Å². The first kappa shape index (κ1) is 18.1. The molecule has 0 aliphatic carbocycles. The minimum atomic E-state index is -0.586. The zero-order chi connectivity index (χ0) is 19.1. The van der Waals surface area contributed by atoms with Gasteiger partial charge in [0.25, 0.3) is 11.3 Å². The molecule has 0 saturated heterocycles. The van der Waals surface area contributed by atoms with E-state index in [-0.39, 0.29) is 23.8 Å². The highest BCUT2D eigenvalue weighted by molar-refractivity contribution is 6.30. The van der Waals surface area contributed by atoms with Crippen LogP contribution in [0, 0.1) is 12.3 Å². The molecule has 1 N–H and O–H groups in total. The molecule has 8 heteroatoms. The Morgan fingerprint density at radius 1 is 1.23 bits per heavy atom. The monoisotopic (exact) mass is 373 g/mol. The summed E-state index contributed by atoms with van der Waals surface area (Å²) in [7, 11) is 0.